The zero-order valence-corrected chi connectivity index (χ0v) is 12.4. The van der Waals surface area contributed by atoms with Gasteiger partial charge in [0.25, 0.3) is 0 Å². The molecule has 0 amide bonds. The van der Waals surface area contributed by atoms with E-state index in [1.165, 1.54) is 0 Å². The van der Waals surface area contributed by atoms with Gasteiger partial charge in [0.15, 0.2) is 0 Å². The highest BCUT2D eigenvalue weighted by Gasteiger charge is 2.04. The van der Waals surface area contributed by atoms with Crippen molar-refractivity contribution in [1.82, 2.24) is 4.98 Å². The zero-order chi connectivity index (χ0) is 13.7. The molecule has 0 aliphatic heterocycles. The van der Waals surface area contributed by atoms with Gasteiger partial charge in [-0.3, -0.25) is 4.98 Å². The Labute approximate surface area is 121 Å². The quantitative estimate of drug-likeness (QED) is 0.910. The van der Waals surface area contributed by atoms with Gasteiger partial charge < -0.3 is 10.5 Å². The Morgan fingerprint density at radius 3 is 2.53 bits per heavy atom. The minimum atomic E-state index is 0.000485. The second kappa shape index (κ2) is 6.68. The molecule has 2 rings (SSSR count). The highest BCUT2D eigenvalue weighted by Crippen LogP contribution is 2.17. The van der Waals surface area contributed by atoms with Crippen molar-refractivity contribution < 1.29 is 4.74 Å². The van der Waals surface area contributed by atoms with Crippen molar-refractivity contribution in [3.63, 3.8) is 0 Å². The SMILES string of the molecule is CCC(N)c1ccc(OCc2ccc(Br)cc2)cn1. The van der Waals surface area contributed by atoms with Crippen molar-refractivity contribution >= 4 is 15.9 Å². The Kier molecular flexibility index (Phi) is 4.93. The van der Waals surface area contributed by atoms with Gasteiger partial charge in [-0.15, -0.1) is 0 Å². The summed E-state index contributed by atoms with van der Waals surface area (Å²) in [4.78, 5) is 4.32. The third-order valence-electron chi connectivity index (χ3n) is 2.90. The maximum atomic E-state index is 5.92. The molecular weight excluding hydrogens is 304 g/mol. The van der Waals surface area contributed by atoms with Crippen LogP contribution in [0, 0.1) is 0 Å². The highest BCUT2D eigenvalue weighted by molar-refractivity contribution is 9.10. The van der Waals surface area contributed by atoms with E-state index in [9.17, 15) is 0 Å². The number of nitrogens with zero attached hydrogens (tertiary/aromatic N) is 1. The molecule has 2 N–H and O–H groups in total. The predicted octanol–water partition coefficient (Wildman–Crippen LogP) is 3.83. The van der Waals surface area contributed by atoms with Crippen molar-refractivity contribution in [3.05, 3.63) is 58.3 Å². The number of nitrogens with two attached hydrogens (primary N) is 1. The predicted molar refractivity (Wildman–Crippen MR) is 79.9 cm³/mol. The molecule has 1 aromatic carbocycles. The molecule has 19 heavy (non-hydrogen) atoms. The summed E-state index contributed by atoms with van der Waals surface area (Å²) in [7, 11) is 0. The van der Waals surface area contributed by atoms with E-state index in [0.29, 0.717) is 6.61 Å². The maximum absolute atomic E-state index is 5.92. The van der Waals surface area contributed by atoms with E-state index < -0.39 is 0 Å². The molecule has 1 atom stereocenters. The number of halogens is 1. The molecule has 0 spiro atoms. The molecule has 0 saturated heterocycles. The van der Waals surface area contributed by atoms with Gasteiger partial charge in [-0.2, -0.15) is 0 Å². The summed E-state index contributed by atoms with van der Waals surface area (Å²) in [6.07, 6.45) is 2.61. The fourth-order valence-electron chi connectivity index (χ4n) is 1.65. The van der Waals surface area contributed by atoms with Gasteiger partial charge in [-0.05, 0) is 36.2 Å². The van der Waals surface area contributed by atoms with Gasteiger partial charge in [0, 0.05) is 10.5 Å². The fourth-order valence-corrected chi connectivity index (χ4v) is 1.92. The normalized spacial score (nSPS) is 12.2. The lowest BCUT2D eigenvalue weighted by atomic mass is 10.1. The smallest absolute Gasteiger partial charge is 0.138 e. The molecule has 0 aliphatic rings. The van der Waals surface area contributed by atoms with Crippen LogP contribution < -0.4 is 10.5 Å². The van der Waals surface area contributed by atoms with Crippen LogP contribution in [0.2, 0.25) is 0 Å². The number of rotatable bonds is 5. The Balaban J connectivity index is 1.94. The molecule has 2 aromatic rings. The first-order chi connectivity index (χ1) is 9.19. The summed E-state index contributed by atoms with van der Waals surface area (Å²) in [6.45, 7) is 2.58. The van der Waals surface area contributed by atoms with Crippen LogP contribution in [0.1, 0.15) is 30.6 Å². The third kappa shape index (κ3) is 4.04. The molecule has 0 aliphatic carbocycles. The second-order valence-electron chi connectivity index (χ2n) is 4.35. The van der Waals surface area contributed by atoms with E-state index in [1.807, 2.05) is 43.3 Å². The first kappa shape index (κ1) is 14.0. The number of pyridine rings is 1. The van der Waals surface area contributed by atoms with Crippen LogP contribution >= 0.6 is 15.9 Å². The largest absolute Gasteiger partial charge is 0.487 e. The molecule has 3 nitrogen and oxygen atoms in total. The topological polar surface area (TPSA) is 48.1 Å². The first-order valence-electron chi connectivity index (χ1n) is 6.28. The third-order valence-corrected chi connectivity index (χ3v) is 3.43. The summed E-state index contributed by atoms with van der Waals surface area (Å²) in [5, 5.41) is 0. The van der Waals surface area contributed by atoms with Crippen LogP contribution in [0.3, 0.4) is 0 Å². The molecule has 1 heterocycles. The summed E-state index contributed by atoms with van der Waals surface area (Å²) in [6, 6.07) is 11.9. The summed E-state index contributed by atoms with van der Waals surface area (Å²) < 4.78 is 6.75. The number of benzene rings is 1. The van der Waals surface area contributed by atoms with Gasteiger partial charge in [-0.25, -0.2) is 0 Å². The molecule has 0 fully saturated rings. The Bertz CT molecular complexity index is 511. The molecule has 1 unspecified atom stereocenters. The second-order valence-corrected chi connectivity index (χ2v) is 5.26. The van der Waals surface area contributed by atoms with E-state index in [1.54, 1.807) is 6.20 Å². The van der Waals surface area contributed by atoms with E-state index in [0.717, 1.165) is 27.9 Å². The Morgan fingerprint density at radius 1 is 1.21 bits per heavy atom. The van der Waals surface area contributed by atoms with Crippen molar-refractivity contribution in [2.24, 2.45) is 5.73 Å². The Morgan fingerprint density at radius 2 is 1.95 bits per heavy atom. The molecule has 0 saturated carbocycles. The lowest BCUT2D eigenvalue weighted by Gasteiger charge is -2.10. The van der Waals surface area contributed by atoms with Gasteiger partial charge >= 0.3 is 0 Å². The van der Waals surface area contributed by atoms with Crippen LogP contribution in [0.5, 0.6) is 5.75 Å². The van der Waals surface area contributed by atoms with Gasteiger partial charge in [0.05, 0.1) is 11.9 Å². The van der Waals surface area contributed by atoms with Crippen molar-refractivity contribution in [1.29, 1.82) is 0 Å². The summed E-state index contributed by atoms with van der Waals surface area (Å²) >= 11 is 3.41. The van der Waals surface area contributed by atoms with Crippen LogP contribution in [0.4, 0.5) is 0 Å². The van der Waals surface area contributed by atoms with Gasteiger partial charge in [0.1, 0.15) is 12.4 Å². The average Bonchev–Trinajstić information content (AvgIpc) is 2.46. The van der Waals surface area contributed by atoms with Crippen LogP contribution in [-0.2, 0) is 6.61 Å². The van der Waals surface area contributed by atoms with Crippen LogP contribution in [0.15, 0.2) is 47.1 Å². The number of hydrogen-bond acceptors (Lipinski definition) is 3. The van der Waals surface area contributed by atoms with E-state index in [2.05, 4.69) is 20.9 Å². The minimum Gasteiger partial charge on any atom is -0.487 e. The van der Waals surface area contributed by atoms with Crippen LogP contribution in [-0.4, -0.2) is 4.98 Å². The monoisotopic (exact) mass is 320 g/mol. The standard InChI is InChI=1S/C15H17BrN2O/c1-2-14(17)15-8-7-13(9-18-15)19-10-11-3-5-12(16)6-4-11/h3-9,14H,2,10,17H2,1H3. The van der Waals surface area contributed by atoms with E-state index in [-0.39, 0.29) is 6.04 Å². The number of ether oxygens (including phenoxy) is 1. The van der Waals surface area contributed by atoms with Crippen molar-refractivity contribution in [2.75, 3.05) is 0 Å². The number of aromatic nitrogens is 1. The van der Waals surface area contributed by atoms with Gasteiger partial charge in [-0.1, -0.05) is 35.0 Å². The van der Waals surface area contributed by atoms with E-state index >= 15 is 0 Å². The minimum absolute atomic E-state index is 0.000485. The van der Waals surface area contributed by atoms with E-state index in [4.69, 9.17) is 10.5 Å². The molecule has 0 radical (unpaired) electrons. The molecule has 1 aromatic heterocycles. The lowest BCUT2D eigenvalue weighted by Crippen LogP contribution is -2.10. The molecule has 100 valence electrons. The first-order valence-corrected chi connectivity index (χ1v) is 7.07. The summed E-state index contributed by atoms with van der Waals surface area (Å²) in [5.74, 6) is 0.759. The fraction of sp³-hybridized carbons (Fsp3) is 0.267. The lowest BCUT2D eigenvalue weighted by molar-refractivity contribution is 0.304. The van der Waals surface area contributed by atoms with Gasteiger partial charge in [0.2, 0.25) is 0 Å². The van der Waals surface area contributed by atoms with Crippen molar-refractivity contribution in [3.8, 4) is 5.75 Å². The van der Waals surface area contributed by atoms with Crippen molar-refractivity contribution in [2.45, 2.75) is 26.0 Å². The zero-order valence-electron chi connectivity index (χ0n) is 10.8. The molecule has 4 heteroatoms. The summed E-state index contributed by atoms with van der Waals surface area (Å²) in [5.41, 5.74) is 7.94. The number of hydrogen-bond donors (Lipinski definition) is 1. The molecular formula is C15H17BrN2O. The highest BCUT2D eigenvalue weighted by atomic mass is 79.9. The maximum Gasteiger partial charge on any atom is 0.138 e. The Hall–Kier alpha value is -1.39. The average molecular weight is 321 g/mol. The molecule has 0 bridgehead atoms. The van der Waals surface area contributed by atoms with Crippen LogP contribution in [0.25, 0.3) is 0 Å².